The Hall–Kier alpha value is -3.48. The summed E-state index contributed by atoms with van der Waals surface area (Å²) in [7, 11) is 0. The van der Waals surface area contributed by atoms with Gasteiger partial charge >= 0.3 is 11.9 Å². The van der Waals surface area contributed by atoms with E-state index in [-0.39, 0.29) is 19.0 Å². The Balaban J connectivity index is 1.96. The SMILES string of the molecule is CCOC(=O)C1=C(C)NC2=C(C(=O)CCC2)C1c1cccc2ncc(C(=O)OCC)cc12. The number of allylic oxidation sites excluding steroid dienone is 3. The third kappa shape index (κ3) is 3.79. The second kappa shape index (κ2) is 8.94. The van der Waals surface area contributed by atoms with Gasteiger partial charge in [0.15, 0.2) is 5.78 Å². The number of nitrogens with one attached hydrogen (secondary N) is 1. The first kappa shape index (κ1) is 21.7. The normalized spacial score (nSPS) is 18.3. The highest BCUT2D eigenvalue weighted by atomic mass is 16.5. The molecule has 4 rings (SSSR count). The number of rotatable bonds is 5. The van der Waals surface area contributed by atoms with Crippen molar-refractivity contribution in [3.63, 3.8) is 0 Å². The highest BCUT2D eigenvalue weighted by Crippen LogP contribution is 2.44. The molecule has 0 saturated carbocycles. The molecule has 0 radical (unpaired) electrons. The molecule has 1 atom stereocenters. The number of carbonyl (C=O) groups is 3. The van der Waals surface area contributed by atoms with Crippen LogP contribution in [0.4, 0.5) is 0 Å². The molecule has 0 saturated heterocycles. The van der Waals surface area contributed by atoms with Crippen molar-refractivity contribution in [2.75, 3.05) is 13.2 Å². The molecule has 0 amide bonds. The molecule has 1 aliphatic carbocycles. The summed E-state index contributed by atoms with van der Waals surface area (Å²) in [6.07, 6.45) is 3.42. The van der Waals surface area contributed by atoms with Crippen molar-refractivity contribution >= 4 is 28.6 Å². The van der Waals surface area contributed by atoms with Crippen LogP contribution in [0.3, 0.4) is 0 Å². The van der Waals surface area contributed by atoms with Crippen molar-refractivity contribution in [1.29, 1.82) is 0 Å². The molecule has 0 bridgehead atoms. The Kier molecular flexibility index (Phi) is 6.08. The van der Waals surface area contributed by atoms with Crippen LogP contribution in [0.2, 0.25) is 0 Å². The number of dihydropyridines is 1. The summed E-state index contributed by atoms with van der Waals surface area (Å²) < 4.78 is 10.5. The van der Waals surface area contributed by atoms with Gasteiger partial charge in [0.1, 0.15) is 0 Å². The lowest BCUT2D eigenvalue weighted by atomic mass is 9.74. The predicted octanol–water partition coefficient (Wildman–Crippen LogP) is 3.94. The number of Topliss-reactive ketones (excluding diaryl/α,β-unsaturated/α-hetero) is 1. The number of aromatic nitrogens is 1. The summed E-state index contributed by atoms with van der Waals surface area (Å²) in [5.41, 5.74) is 4.27. The number of nitrogens with zero attached hydrogens (tertiary/aromatic N) is 1. The van der Waals surface area contributed by atoms with E-state index in [2.05, 4.69) is 10.3 Å². The van der Waals surface area contributed by atoms with Gasteiger partial charge in [-0.2, -0.15) is 0 Å². The van der Waals surface area contributed by atoms with E-state index in [4.69, 9.17) is 9.47 Å². The molecule has 2 aromatic rings. The monoisotopic (exact) mass is 434 g/mol. The van der Waals surface area contributed by atoms with Crippen LogP contribution >= 0.6 is 0 Å². The van der Waals surface area contributed by atoms with Crippen LogP contribution in [0.15, 0.2) is 53.0 Å². The van der Waals surface area contributed by atoms with Gasteiger partial charge in [0.25, 0.3) is 0 Å². The number of hydrogen-bond acceptors (Lipinski definition) is 7. The van der Waals surface area contributed by atoms with Gasteiger partial charge in [-0.1, -0.05) is 12.1 Å². The molecule has 7 heteroatoms. The lowest BCUT2D eigenvalue weighted by Crippen LogP contribution is -2.34. The smallest absolute Gasteiger partial charge is 0.339 e. The van der Waals surface area contributed by atoms with Crippen LogP contribution in [0.1, 0.15) is 61.9 Å². The van der Waals surface area contributed by atoms with Gasteiger partial charge in [-0.25, -0.2) is 9.59 Å². The highest BCUT2D eigenvalue weighted by molar-refractivity contribution is 6.05. The van der Waals surface area contributed by atoms with E-state index >= 15 is 0 Å². The largest absolute Gasteiger partial charge is 0.463 e. The van der Waals surface area contributed by atoms with Gasteiger partial charge in [-0.3, -0.25) is 9.78 Å². The van der Waals surface area contributed by atoms with E-state index in [0.717, 1.165) is 24.1 Å². The molecule has 1 aromatic heterocycles. The zero-order valence-electron chi connectivity index (χ0n) is 18.5. The van der Waals surface area contributed by atoms with Crippen molar-refractivity contribution in [2.45, 2.75) is 46.0 Å². The van der Waals surface area contributed by atoms with Gasteiger partial charge in [0, 0.05) is 40.9 Å². The topological polar surface area (TPSA) is 94.6 Å². The minimum atomic E-state index is -0.596. The van der Waals surface area contributed by atoms with Crippen LogP contribution < -0.4 is 5.32 Å². The quantitative estimate of drug-likeness (QED) is 0.712. The number of esters is 2. The Labute approximate surface area is 186 Å². The summed E-state index contributed by atoms with van der Waals surface area (Å²) >= 11 is 0. The number of benzene rings is 1. The number of hydrogen-bond donors (Lipinski definition) is 1. The molecule has 7 nitrogen and oxygen atoms in total. The van der Waals surface area contributed by atoms with Gasteiger partial charge in [-0.05, 0) is 51.3 Å². The van der Waals surface area contributed by atoms with Crippen LogP contribution in [0.25, 0.3) is 10.9 Å². The zero-order valence-corrected chi connectivity index (χ0v) is 18.5. The molecule has 1 aromatic carbocycles. The van der Waals surface area contributed by atoms with E-state index in [1.807, 2.05) is 25.1 Å². The maximum atomic E-state index is 13.1. The fourth-order valence-corrected chi connectivity index (χ4v) is 4.52. The first-order valence-corrected chi connectivity index (χ1v) is 10.9. The molecule has 0 fully saturated rings. The second-order valence-corrected chi connectivity index (χ2v) is 7.84. The lowest BCUT2D eigenvalue weighted by molar-refractivity contribution is -0.138. The molecular weight excluding hydrogens is 408 g/mol. The average Bonchev–Trinajstić information content (AvgIpc) is 2.78. The van der Waals surface area contributed by atoms with Crippen molar-refractivity contribution in [1.82, 2.24) is 10.3 Å². The minimum absolute atomic E-state index is 0.0181. The Morgan fingerprint density at radius 1 is 1.12 bits per heavy atom. The average molecular weight is 434 g/mol. The summed E-state index contributed by atoms with van der Waals surface area (Å²) in [5.74, 6) is -1.50. The molecule has 1 aliphatic heterocycles. The summed E-state index contributed by atoms with van der Waals surface area (Å²) in [6, 6.07) is 7.30. The van der Waals surface area contributed by atoms with E-state index < -0.39 is 17.9 Å². The zero-order chi connectivity index (χ0) is 22.8. The number of carbonyl (C=O) groups excluding carboxylic acids is 3. The maximum absolute atomic E-state index is 13.1. The number of pyridine rings is 1. The van der Waals surface area contributed by atoms with E-state index in [9.17, 15) is 14.4 Å². The predicted molar refractivity (Wildman–Crippen MR) is 119 cm³/mol. The van der Waals surface area contributed by atoms with E-state index in [1.54, 1.807) is 19.9 Å². The van der Waals surface area contributed by atoms with Crippen molar-refractivity contribution in [3.8, 4) is 0 Å². The van der Waals surface area contributed by atoms with Gasteiger partial charge in [-0.15, -0.1) is 0 Å². The fraction of sp³-hybridized carbons (Fsp3) is 0.360. The maximum Gasteiger partial charge on any atom is 0.339 e. The molecule has 1 unspecified atom stereocenters. The number of ether oxygens (including phenoxy) is 2. The molecular formula is C25H26N2O5. The first-order valence-electron chi connectivity index (χ1n) is 10.9. The van der Waals surface area contributed by atoms with E-state index in [0.29, 0.717) is 39.7 Å². The lowest BCUT2D eigenvalue weighted by Gasteiger charge is -2.34. The van der Waals surface area contributed by atoms with Crippen molar-refractivity contribution in [2.24, 2.45) is 0 Å². The Bertz CT molecular complexity index is 1180. The van der Waals surface area contributed by atoms with Gasteiger partial charge in [0.05, 0.1) is 29.9 Å². The van der Waals surface area contributed by atoms with Gasteiger partial charge < -0.3 is 14.8 Å². The molecule has 0 spiro atoms. The van der Waals surface area contributed by atoms with Crippen molar-refractivity contribution < 1.29 is 23.9 Å². The van der Waals surface area contributed by atoms with Gasteiger partial charge in [0.2, 0.25) is 0 Å². The van der Waals surface area contributed by atoms with Crippen LogP contribution in [-0.2, 0) is 19.1 Å². The molecule has 166 valence electrons. The number of ketones is 1. The summed E-state index contributed by atoms with van der Waals surface area (Å²) in [4.78, 5) is 42.9. The summed E-state index contributed by atoms with van der Waals surface area (Å²) in [6.45, 7) is 5.81. The van der Waals surface area contributed by atoms with Crippen molar-refractivity contribution in [3.05, 3.63) is 64.1 Å². The molecule has 2 heterocycles. The molecule has 2 aliphatic rings. The van der Waals surface area contributed by atoms with Crippen LogP contribution in [-0.4, -0.2) is 35.9 Å². The number of fused-ring (bicyclic) bond motifs is 1. The minimum Gasteiger partial charge on any atom is -0.463 e. The second-order valence-electron chi connectivity index (χ2n) is 7.84. The van der Waals surface area contributed by atoms with Crippen LogP contribution in [0.5, 0.6) is 0 Å². The first-order chi connectivity index (χ1) is 15.5. The highest BCUT2D eigenvalue weighted by Gasteiger charge is 2.39. The molecule has 32 heavy (non-hydrogen) atoms. The fourth-order valence-electron chi connectivity index (χ4n) is 4.52. The van der Waals surface area contributed by atoms with Crippen LogP contribution in [0, 0.1) is 0 Å². The Morgan fingerprint density at radius 3 is 2.62 bits per heavy atom. The standard InChI is InChI=1S/C25H26N2O5/c1-4-31-24(29)15-12-17-16(8-6-9-18(17)26-13-15)22-21(25(30)32-5-2)14(3)27-19-10-7-11-20(28)23(19)22/h6,8-9,12-13,22,27H,4-5,7,10-11H2,1-3H3. The third-order valence-corrected chi connectivity index (χ3v) is 5.85. The summed E-state index contributed by atoms with van der Waals surface area (Å²) in [5, 5.41) is 3.98. The third-order valence-electron chi connectivity index (χ3n) is 5.85. The molecule has 1 N–H and O–H groups in total. The van der Waals surface area contributed by atoms with E-state index in [1.165, 1.54) is 6.20 Å². The Morgan fingerprint density at radius 2 is 1.88 bits per heavy atom.